The summed E-state index contributed by atoms with van der Waals surface area (Å²) in [5.41, 5.74) is 1.74. The maximum atomic E-state index is 13.9. The molecule has 5 rings (SSSR count). The predicted octanol–water partition coefficient (Wildman–Crippen LogP) is 5.96. The smallest absolute Gasteiger partial charge is 0.410 e. The number of nitrogens with zero attached hydrogens (tertiary/aromatic N) is 3. The van der Waals surface area contributed by atoms with E-state index in [1.54, 1.807) is 50.2 Å². The summed E-state index contributed by atoms with van der Waals surface area (Å²) in [6.45, 7) is 7.39. The standard InChI is InChI=1S/C31H38N4O5S/c1-22-21-39-19-18-35(22)28-20-27(31(2,3)41(37,38)26-12-8-5-9-13-26)33-29(34-28)23-14-16-24(17-15-23)32-30(36)40-25-10-6-4-7-11-25/h4,6-7,10-11,14-17,20,22,26H,5,8-9,12-13,18-19,21H2,1-3H3,(H,32,36)/t22-/m0/s1. The van der Waals surface area contributed by atoms with Crippen LogP contribution >= 0.6 is 0 Å². The second-order valence-electron chi connectivity index (χ2n) is 11.3. The summed E-state index contributed by atoms with van der Waals surface area (Å²) in [6, 6.07) is 17.9. The number of benzene rings is 2. The molecule has 1 saturated heterocycles. The van der Waals surface area contributed by atoms with Gasteiger partial charge in [-0.25, -0.2) is 23.2 Å². The zero-order chi connectivity index (χ0) is 29.0. The van der Waals surface area contributed by atoms with Crippen molar-refractivity contribution >= 4 is 27.4 Å². The van der Waals surface area contributed by atoms with Crippen LogP contribution in [0.3, 0.4) is 0 Å². The van der Waals surface area contributed by atoms with Crippen molar-refractivity contribution in [2.75, 3.05) is 30.0 Å². The van der Waals surface area contributed by atoms with Crippen molar-refractivity contribution < 1.29 is 22.7 Å². The molecule has 2 fully saturated rings. The summed E-state index contributed by atoms with van der Waals surface area (Å²) >= 11 is 0. The molecule has 1 amide bonds. The zero-order valence-electron chi connectivity index (χ0n) is 23.9. The molecule has 3 aromatic rings. The van der Waals surface area contributed by atoms with E-state index in [9.17, 15) is 13.2 Å². The number of ether oxygens (including phenoxy) is 2. The lowest BCUT2D eigenvalue weighted by atomic mass is 10.0. The first-order valence-electron chi connectivity index (χ1n) is 14.3. The molecular weight excluding hydrogens is 540 g/mol. The molecule has 0 spiro atoms. The monoisotopic (exact) mass is 578 g/mol. The van der Waals surface area contributed by atoms with Gasteiger partial charge in [0.1, 0.15) is 16.3 Å². The number of hydrogen-bond donors (Lipinski definition) is 1. The van der Waals surface area contributed by atoms with Gasteiger partial charge in [-0.2, -0.15) is 0 Å². The molecule has 2 aromatic carbocycles. The van der Waals surface area contributed by atoms with Crippen molar-refractivity contribution in [1.29, 1.82) is 0 Å². The molecule has 1 saturated carbocycles. The fourth-order valence-electron chi connectivity index (χ4n) is 5.47. The van der Waals surface area contributed by atoms with Gasteiger partial charge in [0.25, 0.3) is 0 Å². The molecule has 41 heavy (non-hydrogen) atoms. The van der Waals surface area contributed by atoms with Crippen LogP contribution in [0.25, 0.3) is 11.4 Å². The van der Waals surface area contributed by atoms with Gasteiger partial charge in [-0.3, -0.25) is 5.32 Å². The van der Waals surface area contributed by atoms with E-state index in [2.05, 4.69) is 17.1 Å². The summed E-state index contributed by atoms with van der Waals surface area (Å²) in [6.07, 6.45) is 3.74. The Hall–Kier alpha value is -3.50. The normalized spacial score (nSPS) is 18.6. The van der Waals surface area contributed by atoms with Crippen LogP contribution in [0.5, 0.6) is 5.75 Å². The van der Waals surface area contributed by atoms with Gasteiger partial charge in [0.15, 0.2) is 15.7 Å². The van der Waals surface area contributed by atoms with Crippen LogP contribution in [-0.2, 0) is 19.3 Å². The van der Waals surface area contributed by atoms with Crippen LogP contribution in [0, 0.1) is 0 Å². The Morgan fingerprint density at radius 3 is 2.41 bits per heavy atom. The van der Waals surface area contributed by atoms with E-state index >= 15 is 0 Å². The summed E-state index contributed by atoms with van der Waals surface area (Å²) in [5.74, 6) is 1.56. The zero-order valence-corrected chi connectivity index (χ0v) is 24.7. The number of amides is 1. The molecule has 1 aliphatic heterocycles. The lowest BCUT2D eigenvalue weighted by molar-refractivity contribution is 0.0985. The van der Waals surface area contributed by atoms with E-state index in [1.807, 2.05) is 24.3 Å². The molecule has 0 bridgehead atoms. The lowest BCUT2D eigenvalue weighted by Gasteiger charge is -2.36. The average Bonchev–Trinajstić information content (AvgIpc) is 2.98. The van der Waals surface area contributed by atoms with E-state index in [0.717, 1.165) is 19.3 Å². The Kier molecular flexibility index (Phi) is 8.60. The van der Waals surface area contributed by atoms with Gasteiger partial charge >= 0.3 is 6.09 Å². The van der Waals surface area contributed by atoms with E-state index in [0.29, 0.717) is 66.9 Å². The third-order valence-electron chi connectivity index (χ3n) is 8.04. The number of carbonyl (C=O) groups excluding carboxylic acids is 1. The van der Waals surface area contributed by atoms with Gasteiger partial charge in [0.2, 0.25) is 0 Å². The van der Waals surface area contributed by atoms with Gasteiger partial charge in [0.05, 0.1) is 30.2 Å². The molecule has 218 valence electrons. The highest BCUT2D eigenvalue weighted by molar-refractivity contribution is 7.92. The molecule has 1 aromatic heterocycles. The Bertz CT molecular complexity index is 1460. The first-order chi connectivity index (χ1) is 19.6. The summed E-state index contributed by atoms with van der Waals surface area (Å²) in [4.78, 5) is 24.2. The topological polar surface area (TPSA) is 111 Å². The van der Waals surface area contributed by atoms with Gasteiger partial charge < -0.3 is 14.4 Å². The largest absolute Gasteiger partial charge is 0.417 e. The van der Waals surface area contributed by atoms with Crippen molar-refractivity contribution in [3.63, 3.8) is 0 Å². The highest BCUT2D eigenvalue weighted by Crippen LogP contribution is 2.39. The first kappa shape index (κ1) is 29.0. The Morgan fingerprint density at radius 1 is 1.02 bits per heavy atom. The number of carbonyl (C=O) groups is 1. The van der Waals surface area contributed by atoms with Gasteiger partial charge in [-0.1, -0.05) is 37.5 Å². The fourth-order valence-corrected chi connectivity index (χ4v) is 7.65. The quantitative estimate of drug-likeness (QED) is 0.366. The van der Waals surface area contributed by atoms with Gasteiger partial charge in [-0.15, -0.1) is 0 Å². The third-order valence-corrected chi connectivity index (χ3v) is 11.0. The second-order valence-corrected chi connectivity index (χ2v) is 14.0. The molecule has 1 N–H and O–H groups in total. The number of nitrogens with one attached hydrogen (secondary N) is 1. The Labute approximate surface area is 242 Å². The number of morpholine rings is 1. The van der Waals surface area contributed by atoms with Crippen molar-refractivity contribution in [2.24, 2.45) is 0 Å². The maximum absolute atomic E-state index is 13.9. The van der Waals surface area contributed by atoms with Crippen LogP contribution in [-0.4, -0.2) is 55.5 Å². The van der Waals surface area contributed by atoms with E-state index in [1.165, 1.54) is 0 Å². The Balaban J connectivity index is 1.46. The molecule has 9 nitrogen and oxygen atoms in total. The second kappa shape index (κ2) is 12.2. The van der Waals surface area contributed by atoms with E-state index < -0.39 is 20.7 Å². The fraction of sp³-hybridized carbons (Fsp3) is 0.452. The summed E-state index contributed by atoms with van der Waals surface area (Å²) in [5, 5.41) is 2.36. The minimum Gasteiger partial charge on any atom is -0.410 e. The van der Waals surface area contributed by atoms with Crippen LogP contribution < -0.4 is 15.0 Å². The molecule has 0 radical (unpaired) electrons. The molecule has 2 heterocycles. The van der Waals surface area contributed by atoms with E-state index in [-0.39, 0.29) is 11.3 Å². The minimum atomic E-state index is -3.52. The van der Waals surface area contributed by atoms with Crippen molar-refractivity contribution in [1.82, 2.24) is 9.97 Å². The minimum absolute atomic E-state index is 0.0830. The molecular formula is C31H38N4O5S. The number of para-hydroxylation sites is 1. The molecule has 1 aliphatic carbocycles. The van der Waals surface area contributed by atoms with Crippen molar-refractivity contribution in [3.8, 4) is 17.1 Å². The average molecular weight is 579 g/mol. The third kappa shape index (κ3) is 6.38. The number of anilines is 2. The highest BCUT2D eigenvalue weighted by Gasteiger charge is 2.44. The number of hydrogen-bond acceptors (Lipinski definition) is 8. The number of rotatable bonds is 7. The van der Waals surface area contributed by atoms with Crippen LogP contribution in [0.4, 0.5) is 16.3 Å². The van der Waals surface area contributed by atoms with Crippen LogP contribution in [0.15, 0.2) is 60.7 Å². The van der Waals surface area contributed by atoms with E-state index in [4.69, 9.17) is 19.4 Å². The Morgan fingerprint density at radius 2 is 1.73 bits per heavy atom. The number of aromatic nitrogens is 2. The highest BCUT2D eigenvalue weighted by atomic mass is 32.2. The maximum Gasteiger partial charge on any atom is 0.417 e. The van der Waals surface area contributed by atoms with Crippen LogP contribution in [0.2, 0.25) is 0 Å². The van der Waals surface area contributed by atoms with Crippen molar-refractivity contribution in [3.05, 3.63) is 66.4 Å². The summed E-state index contributed by atoms with van der Waals surface area (Å²) in [7, 11) is -3.52. The number of sulfone groups is 1. The van der Waals surface area contributed by atoms with Gasteiger partial charge in [-0.05, 0) is 70.0 Å². The molecule has 2 aliphatic rings. The predicted molar refractivity (Wildman–Crippen MR) is 160 cm³/mol. The lowest BCUT2D eigenvalue weighted by Crippen LogP contribution is -2.44. The van der Waals surface area contributed by atoms with Gasteiger partial charge in [0, 0.05) is 23.9 Å². The summed E-state index contributed by atoms with van der Waals surface area (Å²) < 4.78 is 37.6. The van der Waals surface area contributed by atoms with Crippen molar-refractivity contribution in [2.45, 2.75) is 68.9 Å². The molecule has 0 unspecified atom stereocenters. The van der Waals surface area contributed by atoms with Crippen LogP contribution in [0.1, 0.15) is 58.6 Å². The molecule has 1 atom stereocenters. The first-order valence-corrected chi connectivity index (χ1v) is 15.8. The molecule has 10 heteroatoms. The SMILES string of the molecule is C[C@H]1COCCN1c1cc(C(C)(C)S(=O)(=O)C2CCCCC2)nc(-c2ccc(NC(=O)Oc3ccccc3)cc2)n1.